The lowest BCUT2D eigenvalue weighted by Crippen LogP contribution is -2.21. The maximum absolute atomic E-state index is 14.6. The Morgan fingerprint density at radius 1 is 0.833 bits per heavy atom. The Labute approximate surface area is 177 Å². The lowest BCUT2D eigenvalue weighted by atomic mass is 9.91. The molecule has 4 heteroatoms. The van der Waals surface area contributed by atoms with Gasteiger partial charge >= 0.3 is 6.11 Å². The fourth-order valence-corrected chi connectivity index (χ4v) is 3.63. The number of aryl methyl sites for hydroxylation is 3. The number of ether oxygens (including phenoxy) is 1. The average molecular weight is 411 g/mol. The van der Waals surface area contributed by atoms with Crippen LogP contribution >= 0.6 is 0 Å². The molecule has 0 aliphatic carbocycles. The first-order chi connectivity index (χ1) is 14.4. The highest BCUT2D eigenvalue weighted by atomic mass is 19.3. The zero-order chi connectivity index (χ0) is 21.7. The van der Waals surface area contributed by atoms with Gasteiger partial charge in [0.05, 0.1) is 5.56 Å². The van der Waals surface area contributed by atoms with Gasteiger partial charge in [0.25, 0.3) is 0 Å². The predicted molar refractivity (Wildman–Crippen MR) is 117 cm³/mol. The third-order valence-corrected chi connectivity index (χ3v) is 5.33. The highest BCUT2D eigenvalue weighted by Gasteiger charge is 2.34. The molecule has 0 aromatic heterocycles. The van der Waals surface area contributed by atoms with Crippen molar-refractivity contribution in [3.8, 4) is 16.9 Å². The normalized spacial score (nSPS) is 11.5. The standard InChI is InChI=1S/C26H28F2O2/c1-4-20-16-19(14-15-29)8-12-24(20)25-13-11-23(17-21(25)5-2)30-26(27,28)22-9-6-18(3)7-10-22/h6-13,16-17,29H,4-5,14-15H2,1-3H3. The maximum Gasteiger partial charge on any atom is 0.426 e. The molecule has 3 rings (SSSR count). The molecule has 0 atom stereocenters. The first-order valence-electron chi connectivity index (χ1n) is 10.4. The molecule has 0 heterocycles. The molecule has 0 radical (unpaired) electrons. The molecule has 0 saturated heterocycles. The van der Waals surface area contributed by atoms with Crippen LogP contribution in [0.4, 0.5) is 8.78 Å². The highest BCUT2D eigenvalue weighted by Crippen LogP contribution is 2.36. The third-order valence-electron chi connectivity index (χ3n) is 5.33. The van der Waals surface area contributed by atoms with E-state index in [1.165, 1.54) is 17.7 Å². The van der Waals surface area contributed by atoms with Crippen molar-refractivity contribution in [2.24, 2.45) is 0 Å². The number of aliphatic hydroxyl groups is 1. The lowest BCUT2D eigenvalue weighted by molar-refractivity contribution is -0.185. The number of hydrogen-bond acceptors (Lipinski definition) is 2. The number of halogens is 2. The van der Waals surface area contributed by atoms with E-state index in [0.29, 0.717) is 12.8 Å². The van der Waals surface area contributed by atoms with Crippen molar-refractivity contribution in [3.05, 3.63) is 88.5 Å². The summed E-state index contributed by atoms with van der Waals surface area (Å²) in [6.07, 6.45) is -1.23. The van der Waals surface area contributed by atoms with Crippen molar-refractivity contribution in [2.75, 3.05) is 6.61 Å². The molecular weight excluding hydrogens is 382 g/mol. The third kappa shape index (κ3) is 4.88. The molecule has 1 N–H and O–H groups in total. The van der Waals surface area contributed by atoms with Gasteiger partial charge in [0.1, 0.15) is 5.75 Å². The Kier molecular flexibility index (Phi) is 6.88. The number of benzene rings is 3. The summed E-state index contributed by atoms with van der Waals surface area (Å²) in [6.45, 7) is 6.07. The Morgan fingerprint density at radius 2 is 1.43 bits per heavy atom. The van der Waals surface area contributed by atoms with Gasteiger partial charge in [-0.3, -0.25) is 0 Å². The zero-order valence-electron chi connectivity index (χ0n) is 17.7. The van der Waals surface area contributed by atoms with Gasteiger partial charge < -0.3 is 9.84 Å². The Morgan fingerprint density at radius 3 is 2.03 bits per heavy atom. The monoisotopic (exact) mass is 410 g/mol. The minimum atomic E-state index is -3.40. The predicted octanol–water partition coefficient (Wildman–Crippen LogP) is 6.45. The van der Waals surface area contributed by atoms with Gasteiger partial charge in [-0.1, -0.05) is 55.8 Å². The fraction of sp³-hybridized carbons (Fsp3) is 0.308. The Bertz CT molecular complexity index is 994. The highest BCUT2D eigenvalue weighted by molar-refractivity contribution is 5.72. The van der Waals surface area contributed by atoms with Crippen LogP contribution in [0.15, 0.2) is 60.7 Å². The molecule has 3 aromatic carbocycles. The second kappa shape index (κ2) is 9.40. The molecule has 0 fully saturated rings. The zero-order valence-corrected chi connectivity index (χ0v) is 17.7. The molecule has 0 bridgehead atoms. The lowest BCUT2D eigenvalue weighted by Gasteiger charge is -2.20. The van der Waals surface area contributed by atoms with Crippen molar-refractivity contribution < 1.29 is 18.6 Å². The van der Waals surface area contributed by atoms with Crippen LogP contribution in [-0.4, -0.2) is 11.7 Å². The summed E-state index contributed by atoms with van der Waals surface area (Å²) in [4.78, 5) is 0. The van der Waals surface area contributed by atoms with Crippen molar-refractivity contribution in [2.45, 2.75) is 46.1 Å². The van der Waals surface area contributed by atoms with Crippen LogP contribution in [0.1, 0.15) is 41.7 Å². The van der Waals surface area contributed by atoms with E-state index in [4.69, 9.17) is 4.74 Å². The molecule has 0 saturated carbocycles. The summed E-state index contributed by atoms with van der Waals surface area (Å²) in [5.74, 6) is 0.149. The second-order valence-electron chi connectivity index (χ2n) is 7.48. The van der Waals surface area contributed by atoms with Crippen molar-refractivity contribution >= 4 is 0 Å². The Hall–Kier alpha value is -2.72. The van der Waals surface area contributed by atoms with Crippen LogP contribution in [0.3, 0.4) is 0 Å². The summed E-state index contributed by atoms with van der Waals surface area (Å²) in [7, 11) is 0. The smallest absolute Gasteiger partial charge is 0.426 e. The first-order valence-corrected chi connectivity index (χ1v) is 10.4. The maximum atomic E-state index is 14.6. The summed E-state index contributed by atoms with van der Waals surface area (Å²) in [5, 5.41) is 9.20. The first kappa shape index (κ1) is 22.0. The van der Waals surface area contributed by atoms with E-state index < -0.39 is 6.11 Å². The molecule has 2 nitrogen and oxygen atoms in total. The van der Waals surface area contributed by atoms with E-state index in [1.54, 1.807) is 24.3 Å². The summed E-state index contributed by atoms with van der Waals surface area (Å²) < 4.78 is 34.4. The fourth-order valence-electron chi connectivity index (χ4n) is 3.63. The number of aliphatic hydroxyl groups excluding tert-OH is 1. The van der Waals surface area contributed by atoms with E-state index in [2.05, 4.69) is 19.1 Å². The number of hydrogen-bond donors (Lipinski definition) is 1. The molecule has 0 aliphatic rings. The van der Waals surface area contributed by atoms with E-state index in [9.17, 15) is 13.9 Å². The van der Waals surface area contributed by atoms with Crippen molar-refractivity contribution in [1.82, 2.24) is 0 Å². The number of alkyl halides is 2. The molecule has 158 valence electrons. The molecule has 0 unspecified atom stereocenters. The van der Waals surface area contributed by atoms with E-state index >= 15 is 0 Å². The Balaban J connectivity index is 1.93. The molecule has 30 heavy (non-hydrogen) atoms. The van der Waals surface area contributed by atoms with Gasteiger partial charge in [-0.05, 0) is 78.3 Å². The van der Waals surface area contributed by atoms with Gasteiger partial charge in [0, 0.05) is 6.61 Å². The largest absolute Gasteiger partial charge is 0.429 e. The van der Waals surface area contributed by atoms with Crippen molar-refractivity contribution in [1.29, 1.82) is 0 Å². The molecule has 0 spiro atoms. The molecule has 3 aromatic rings. The summed E-state index contributed by atoms with van der Waals surface area (Å²) >= 11 is 0. The van der Waals surface area contributed by atoms with Gasteiger partial charge in [0.15, 0.2) is 0 Å². The van der Waals surface area contributed by atoms with Gasteiger partial charge in [0.2, 0.25) is 0 Å². The minimum absolute atomic E-state index is 0.115. The second-order valence-corrected chi connectivity index (χ2v) is 7.48. The van der Waals surface area contributed by atoms with Gasteiger partial charge in [-0.25, -0.2) is 0 Å². The quantitative estimate of drug-likeness (QED) is 0.462. The molecule has 0 aliphatic heterocycles. The molecular formula is C26H28F2O2. The average Bonchev–Trinajstić information content (AvgIpc) is 2.74. The van der Waals surface area contributed by atoms with Gasteiger partial charge in [-0.15, -0.1) is 0 Å². The summed E-state index contributed by atoms with van der Waals surface area (Å²) in [5.41, 5.74) is 6.09. The van der Waals surface area contributed by atoms with E-state index in [-0.39, 0.29) is 17.9 Å². The van der Waals surface area contributed by atoms with E-state index in [0.717, 1.165) is 34.2 Å². The summed E-state index contributed by atoms with van der Waals surface area (Å²) in [6, 6.07) is 17.5. The van der Waals surface area contributed by atoms with Crippen LogP contribution < -0.4 is 4.74 Å². The minimum Gasteiger partial charge on any atom is -0.429 e. The topological polar surface area (TPSA) is 29.5 Å². The SMILES string of the molecule is CCc1cc(CCO)ccc1-c1ccc(OC(F)(F)c2ccc(C)cc2)cc1CC. The molecule has 0 amide bonds. The van der Waals surface area contributed by atoms with Crippen molar-refractivity contribution in [3.63, 3.8) is 0 Å². The van der Waals surface area contributed by atoms with E-state index in [1.807, 2.05) is 26.0 Å². The van der Waals surface area contributed by atoms with Crippen LogP contribution in [0.5, 0.6) is 5.75 Å². The van der Waals surface area contributed by atoms with Crippen LogP contribution in [-0.2, 0) is 25.4 Å². The number of rotatable bonds is 8. The van der Waals surface area contributed by atoms with Crippen LogP contribution in [0, 0.1) is 6.92 Å². The van der Waals surface area contributed by atoms with Crippen LogP contribution in [0.2, 0.25) is 0 Å². The van der Waals surface area contributed by atoms with Crippen LogP contribution in [0.25, 0.3) is 11.1 Å². The van der Waals surface area contributed by atoms with Gasteiger partial charge in [-0.2, -0.15) is 8.78 Å².